The summed E-state index contributed by atoms with van der Waals surface area (Å²) in [6.07, 6.45) is 3.55. The number of rotatable bonds is 11. The normalized spacial score (nSPS) is 14.9. The number of nitrogens with zero attached hydrogens (tertiary/aromatic N) is 3. The largest absolute Gasteiger partial charge is 0.490 e. The van der Waals surface area contributed by atoms with Gasteiger partial charge in [0.15, 0.2) is 0 Å². The number of benzene rings is 1. The number of halogens is 2. The fourth-order valence-electron chi connectivity index (χ4n) is 4.74. The van der Waals surface area contributed by atoms with Crippen molar-refractivity contribution in [2.75, 3.05) is 33.8 Å². The molecule has 1 aliphatic rings. The zero-order valence-electron chi connectivity index (χ0n) is 24.9. The minimum Gasteiger partial charge on any atom is -0.490 e. The van der Waals surface area contributed by atoms with Gasteiger partial charge in [0, 0.05) is 47.7 Å². The Morgan fingerprint density at radius 1 is 1.21 bits per heavy atom. The predicted octanol–water partition coefficient (Wildman–Crippen LogP) is 5.26. The van der Waals surface area contributed by atoms with Crippen molar-refractivity contribution in [1.82, 2.24) is 20.1 Å². The topological polar surface area (TPSA) is 121 Å². The third-order valence-electron chi connectivity index (χ3n) is 7.00. The number of likely N-dealkylation sites (N-methyl/N-ethyl adjacent to an activating group) is 1. The van der Waals surface area contributed by atoms with Gasteiger partial charge < -0.3 is 29.7 Å². The van der Waals surface area contributed by atoms with E-state index in [1.807, 2.05) is 12.1 Å². The van der Waals surface area contributed by atoms with E-state index in [4.69, 9.17) is 42.6 Å². The van der Waals surface area contributed by atoms with Crippen LogP contribution in [0.25, 0.3) is 0 Å². The number of carboxylic acid groups (broad SMARTS) is 1. The Bertz CT molecular complexity index is 1160. The monoisotopic (exact) mass is 624 g/mol. The van der Waals surface area contributed by atoms with Crippen molar-refractivity contribution in [2.24, 2.45) is 0 Å². The van der Waals surface area contributed by atoms with Crippen LogP contribution in [-0.2, 0) is 20.7 Å². The van der Waals surface area contributed by atoms with Crippen LogP contribution in [0.15, 0.2) is 36.5 Å². The van der Waals surface area contributed by atoms with E-state index in [1.54, 1.807) is 43.1 Å². The second-order valence-electron chi connectivity index (χ2n) is 10.5. The first-order valence-corrected chi connectivity index (χ1v) is 14.8. The Balaban J connectivity index is 0.00000197. The van der Waals surface area contributed by atoms with Gasteiger partial charge in [0.2, 0.25) is 5.91 Å². The van der Waals surface area contributed by atoms with E-state index < -0.39 is 12.1 Å². The molecule has 232 valence electrons. The van der Waals surface area contributed by atoms with E-state index in [1.165, 1.54) is 0 Å². The van der Waals surface area contributed by atoms with Crippen LogP contribution in [0.4, 0.5) is 4.79 Å². The summed E-state index contributed by atoms with van der Waals surface area (Å²) in [6, 6.07) is 8.48. The molecule has 0 radical (unpaired) electrons. The zero-order chi connectivity index (χ0) is 31.2. The molecule has 1 aliphatic heterocycles. The molecule has 10 nitrogen and oxygen atoms in total. The highest BCUT2D eigenvalue weighted by atomic mass is 35.5. The van der Waals surface area contributed by atoms with E-state index in [0.29, 0.717) is 35.8 Å². The standard InChI is InChI=1S/C29H40Cl2N4O4.CH2O2/c1-6-23(34(4)5)18-38-26-8-7-13-32-27(26)20-11-14-35(15-12-20)28(36)25(33-29(37)39-19(2)3)16-21-9-10-22(30)17-24(21)31;2-1-3/h7-10,13,17,19-20,23,25H,6,11-12,14-16,18H2,1-5H3,(H,33,37);1H,(H,2,3)/t23-,25-;/m1./s1. The summed E-state index contributed by atoms with van der Waals surface area (Å²) in [6.45, 7) is 7.09. The number of alkyl carbamates (subject to hydrolysis) is 1. The maximum atomic E-state index is 13.6. The van der Waals surface area contributed by atoms with E-state index in [9.17, 15) is 9.59 Å². The van der Waals surface area contributed by atoms with Gasteiger partial charge in [-0.3, -0.25) is 14.6 Å². The molecule has 0 saturated carbocycles. The fourth-order valence-corrected chi connectivity index (χ4v) is 5.23. The Morgan fingerprint density at radius 3 is 2.45 bits per heavy atom. The minimum absolute atomic E-state index is 0.172. The number of piperidine rings is 1. The van der Waals surface area contributed by atoms with Crippen LogP contribution in [0.3, 0.4) is 0 Å². The second-order valence-corrected chi connectivity index (χ2v) is 11.4. The van der Waals surface area contributed by atoms with Crippen LogP contribution >= 0.6 is 23.2 Å². The lowest BCUT2D eigenvalue weighted by atomic mass is 9.91. The molecule has 2 amide bonds. The molecule has 2 aromatic rings. The van der Waals surface area contributed by atoms with Gasteiger partial charge in [-0.2, -0.15) is 0 Å². The molecule has 12 heteroatoms. The number of amides is 2. The lowest BCUT2D eigenvalue weighted by Gasteiger charge is -2.35. The summed E-state index contributed by atoms with van der Waals surface area (Å²) in [7, 11) is 4.11. The molecule has 1 aromatic heterocycles. The maximum Gasteiger partial charge on any atom is 0.408 e. The Kier molecular flexibility index (Phi) is 14.9. The van der Waals surface area contributed by atoms with Gasteiger partial charge >= 0.3 is 6.09 Å². The second kappa shape index (κ2) is 17.8. The molecular formula is C30H42Cl2N4O6. The number of hydrogen-bond acceptors (Lipinski definition) is 7. The van der Waals surface area contributed by atoms with Crippen LogP contribution in [-0.4, -0.2) is 90.3 Å². The van der Waals surface area contributed by atoms with Crippen LogP contribution in [0.1, 0.15) is 57.2 Å². The van der Waals surface area contributed by atoms with Crippen LogP contribution in [0.2, 0.25) is 10.0 Å². The first-order valence-electron chi connectivity index (χ1n) is 14.0. The number of carbonyl (C=O) groups is 3. The number of likely N-dealkylation sites (tertiary alicyclic amines) is 1. The van der Waals surface area contributed by atoms with Gasteiger partial charge in [0.05, 0.1) is 11.8 Å². The highest BCUT2D eigenvalue weighted by molar-refractivity contribution is 6.35. The molecular weight excluding hydrogens is 583 g/mol. The average molecular weight is 626 g/mol. The number of aromatic nitrogens is 1. The van der Waals surface area contributed by atoms with Crippen molar-refractivity contribution in [1.29, 1.82) is 0 Å². The van der Waals surface area contributed by atoms with Crippen molar-refractivity contribution >= 4 is 41.7 Å². The lowest BCUT2D eigenvalue weighted by molar-refractivity contribution is -0.134. The van der Waals surface area contributed by atoms with Crippen molar-refractivity contribution in [3.8, 4) is 5.75 Å². The number of pyridine rings is 1. The molecule has 0 aliphatic carbocycles. The average Bonchev–Trinajstić information content (AvgIpc) is 2.94. The smallest absolute Gasteiger partial charge is 0.408 e. The van der Waals surface area contributed by atoms with E-state index in [-0.39, 0.29) is 30.8 Å². The first kappa shape index (κ1) is 35.1. The number of hydrogen-bond donors (Lipinski definition) is 2. The molecule has 3 rings (SSSR count). The number of carbonyl (C=O) groups excluding carboxylic acids is 2. The van der Waals surface area contributed by atoms with Crippen molar-refractivity contribution < 1.29 is 29.0 Å². The summed E-state index contributed by atoms with van der Waals surface area (Å²) in [5.74, 6) is 0.804. The fraction of sp³-hybridized carbons (Fsp3) is 0.533. The van der Waals surface area contributed by atoms with Crippen molar-refractivity contribution in [2.45, 2.75) is 70.6 Å². The Labute approximate surface area is 258 Å². The maximum absolute atomic E-state index is 13.6. The molecule has 1 saturated heterocycles. The molecule has 2 heterocycles. The Morgan fingerprint density at radius 2 is 1.88 bits per heavy atom. The van der Waals surface area contributed by atoms with Crippen LogP contribution in [0.5, 0.6) is 5.75 Å². The van der Waals surface area contributed by atoms with Gasteiger partial charge in [0.25, 0.3) is 6.47 Å². The summed E-state index contributed by atoms with van der Waals surface area (Å²) in [4.78, 5) is 43.0. The predicted molar refractivity (Wildman–Crippen MR) is 163 cm³/mol. The number of ether oxygens (including phenoxy) is 2. The third kappa shape index (κ3) is 11.0. The van der Waals surface area contributed by atoms with Crippen LogP contribution < -0.4 is 10.1 Å². The molecule has 2 atom stereocenters. The van der Waals surface area contributed by atoms with E-state index in [2.05, 4.69) is 36.2 Å². The zero-order valence-corrected chi connectivity index (χ0v) is 26.4. The van der Waals surface area contributed by atoms with E-state index >= 15 is 0 Å². The SMILES string of the molecule is CC[C@H](COc1cccnc1C1CCN(C(=O)[C@@H](Cc2ccc(Cl)cc2Cl)NC(=O)OC(C)C)CC1)N(C)C.O=CO. The summed E-state index contributed by atoms with van der Waals surface area (Å²) >= 11 is 12.4. The molecule has 0 unspecified atom stereocenters. The first-order chi connectivity index (χ1) is 20.0. The lowest BCUT2D eigenvalue weighted by Crippen LogP contribution is -2.52. The van der Waals surface area contributed by atoms with Crippen LogP contribution in [0, 0.1) is 0 Å². The Hall–Kier alpha value is -3.08. The molecule has 1 fully saturated rings. The van der Waals surface area contributed by atoms with E-state index in [0.717, 1.165) is 36.3 Å². The quantitative estimate of drug-likeness (QED) is 0.325. The van der Waals surface area contributed by atoms with Gasteiger partial charge in [-0.05, 0) is 77.0 Å². The third-order valence-corrected chi connectivity index (χ3v) is 7.58. The minimum atomic E-state index is -0.822. The molecule has 0 spiro atoms. The molecule has 2 N–H and O–H groups in total. The highest BCUT2D eigenvalue weighted by Crippen LogP contribution is 2.33. The summed E-state index contributed by atoms with van der Waals surface area (Å²) in [5.41, 5.74) is 1.65. The summed E-state index contributed by atoms with van der Waals surface area (Å²) in [5, 5.41) is 10.6. The molecule has 0 bridgehead atoms. The molecule has 1 aromatic carbocycles. The number of nitrogens with one attached hydrogen (secondary N) is 1. The summed E-state index contributed by atoms with van der Waals surface area (Å²) < 4.78 is 11.5. The van der Waals surface area contributed by atoms with Crippen molar-refractivity contribution in [3.05, 3.63) is 57.8 Å². The van der Waals surface area contributed by atoms with Gasteiger partial charge in [-0.1, -0.05) is 36.2 Å². The molecule has 42 heavy (non-hydrogen) atoms. The van der Waals surface area contributed by atoms with Gasteiger partial charge in [-0.25, -0.2) is 4.79 Å². The van der Waals surface area contributed by atoms with Gasteiger partial charge in [-0.15, -0.1) is 0 Å². The highest BCUT2D eigenvalue weighted by Gasteiger charge is 2.32. The van der Waals surface area contributed by atoms with Crippen molar-refractivity contribution in [3.63, 3.8) is 0 Å². The van der Waals surface area contributed by atoms with Gasteiger partial charge in [0.1, 0.15) is 18.4 Å².